The monoisotopic (exact) mass is 354 g/mol. The predicted molar refractivity (Wildman–Crippen MR) is 94.3 cm³/mol. The molecular weight excluding hydrogens is 335 g/mol. The van der Waals surface area contributed by atoms with Gasteiger partial charge >= 0.3 is 5.97 Å². The van der Waals surface area contributed by atoms with Crippen molar-refractivity contribution >= 4 is 30.8 Å². The molecule has 1 aromatic heterocycles. The van der Waals surface area contributed by atoms with Crippen LogP contribution in [0.2, 0.25) is 0 Å². The lowest BCUT2D eigenvalue weighted by Crippen LogP contribution is -2.23. The summed E-state index contributed by atoms with van der Waals surface area (Å²) in [5.74, 6) is -1.03. The van der Waals surface area contributed by atoms with Crippen LogP contribution in [0.4, 0.5) is 0 Å². The molecule has 1 aliphatic rings. The summed E-state index contributed by atoms with van der Waals surface area (Å²) in [7, 11) is 0. The summed E-state index contributed by atoms with van der Waals surface area (Å²) in [4.78, 5) is 17.8. The van der Waals surface area contributed by atoms with Crippen molar-refractivity contribution in [2.24, 2.45) is 5.92 Å². The Kier molecular flexibility index (Phi) is 7.49. The molecule has 0 bridgehead atoms. The summed E-state index contributed by atoms with van der Waals surface area (Å²) in [6.07, 6.45) is 3.46. The van der Waals surface area contributed by atoms with Crippen LogP contribution < -0.4 is 0 Å². The van der Waals surface area contributed by atoms with E-state index in [0.717, 1.165) is 18.7 Å². The van der Waals surface area contributed by atoms with Gasteiger partial charge in [0, 0.05) is 37.9 Å². The van der Waals surface area contributed by atoms with Gasteiger partial charge < -0.3 is 5.11 Å². The standard InChI is InChI=1S/C17H18N2O2.2ClH/c20-17(21)16-12-19(10-13-4-2-1-3-5-13)11-15(16)14-6-8-18-9-7-14;;/h1-9,15-16H,10-12H2,(H,20,21);2*1H/t15-,16+;;/m1../s1. The number of nitrogens with zero attached hydrogens (tertiary/aromatic N) is 2. The summed E-state index contributed by atoms with van der Waals surface area (Å²) in [5, 5.41) is 9.49. The highest BCUT2D eigenvalue weighted by molar-refractivity contribution is 5.85. The summed E-state index contributed by atoms with van der Waals surface area (Å²) in [6, 6.07) is 14.0. The molecule has 3 rings (SSSR count). The van der Waals surface area contributed by atoms with E-state index < -0.39 is 5.97 Å². The molecule has 0 radical (unpaired) electrons. The molecule has 2 heterocycles. The molecule has 6 heteroatoms. The maximum Gasteiger partial charge on any atom is 0.308 e. The topological polar surface area (TPSA) is 53.4 Å². The van der Waals surface area contributed by atoms with E-state index in [1.807, 2.05) is 30.3 Å². The lowest BCUT2D eigenvalue weighted by atomic mass is 9.90. The number of aromatic nitrogens is 1. The number of benzene rings is 1. The second-order valence-electron chi connectivity index (χ2n) is 5.51. The molecule has 23 heavy (non-hydrogen) atoms. The highest BCUT2D eigenvalue weighted by Crippen LogP contribution is 2.33. The van der Waals surface area contributed by atoms with E-state index in [0.29, 0.717) is 6.54 Å². The summed E-state index contributed by atoms with van der Waals surface area (Å²) < 4.78 is 0. The first-order valence-electron chi connectivity index (χ1n) is 7.13. The Morgan fingerprint density at radius 2 is 1.74 bits per heavy atom. The fraction of sp³-hybridized carbons (Fsp3) is 0.294. The molecule has 4 nitrogen and oxygen atoms in total. The zero-order chi connectivity index (χ0) is 14.7. The normalized spacial score (nSPS) is 20.3. The zero-order valence-corrected chi connectivity index (χ0v) is 14.2. The van der Waals surface area contributed by atoms with E-state index in [1.165, 1.54) is 5.56 Å². The fourth-order valence-electron chi connectivity index (χ4n) is 3.05. The Hall–Kier alpha value is -1.62. The van der Waals surface area contributed by atoms with Gasteiger partial charge in [-0.3, -0.25) is 14.7 Å². The van der Waals surface area contributed by atoms with Gasteiger partial charge in [0.1, 0.15) is 0 Å². The van der Waals surface area contributed by atoms with Crippen LogP contribution in [-0.2, 0) is 11.3 Å². The van der Waals surface area contributed by atoms with E-state index in [2.05, 4.69) is 22.0 Å². The summed E-state index contributed by atoms with van der Waals surface area (Å²) in [5.41, 5.74) is 2.28. The Bertz CT molecular complexity index is 611. The minimum Gasteiger partial charge on any atom is -0.481 e. The van der Waals surface area contributed by atoms with Crippen LogP contribution in [0.25, 0.3) is 0 Å². The first-order valence-corrected chi connectivity index (χ1v) is 7.13. The van der Waals surface area contributed by atoms with Gasteiger partial charge in [0.05, 0.1) is 5.92 Å². The van der Waals surface area contributed by atoms with Crippen molar-refractivity contribution in [3.8, 4) is 0 Å². The number of carboxylic acids is 1. The first kappa shape index (κ1) is 19.4. The van der Waals surface area contributed by atoms with Crippen molar-refractivity contribution in [2.75, 3.05) is 13.1 Å². The second kappa shape index (κ2) is 8.87. The largest absolute Gasteiger partial charge is 0.481 e. The number of rotatable bonds is 4. The van der Waals surface area contributed by atoms with Gasteiger partial charge in [0.15, 0.2) is 0 Å². The van der Waals surface area contributed by atoms with E-state index in [4.69, 9.17) is 0 Å². The number of carbonyl (C=O) groups is 1. The Labute approximate surface area is 148 Å². The number of pyridine rings is 1. The van der Waals surface area contributed by atoms with Crippen molar-refractivity contribution in [3.63, 3.8) is 0 Å². The molecule has 124 valence electrons. The quantitative estimate of drug-likeness (QED) is 0.915. The molecular formula is C17H20Cl2N2O2. The van der Waals surface area contributed by atoms with Crippen LogP contribution in [0.1, 0.15) is 17.0 Å². The predicted octanol–water partition coefficient (Wildman–Crippen LogP) is 3.23. The van der Waals surface area contributed by atoms with Gasteiger partial charge in [0.2, 0.25) is 0 Å². The number of likely N-dealkylation sites (tertiary alicyclic amines) is 1. The molecule has 1 saturated heterocycles. The van der Waals surface area contributed by atoms with Crippen molar-refractivity contribution in [1.29, 1.82) is 0 Å². The molecule has 0 aliphatic carbocycles. The van der Waals surface area contributed by atoms with Crippen molar-refractivity contribution < 1.29 is 9.90 Å². The van der Waals surface area contributed by atoms with Crippen molar-refractivity contribution in [3.05, 3.63) is 66.0 Å². The lowest BCUT2D eigenvalue weighted by Gasteiger charge is -2.16. The molecule has 0 amide bonds. The summed E-state index contributed by atoms with van der Waals surface area (Å²) >= 11 is 0. The third kappa shape index (κ3) is 4.67. The van der Waals surface area contributed by atoms with E-state index >= 15 is 0 Å². The van der Waals surface area contributed by atoms with Crippen LogP contribution in [-0.4, -0.2) is 34.0 Å². The lowest BCUT2D eigenvalue weighted by molar-refractivity contribution is -0.141. The van der Waals surface area contributed by atoms with Crippen LogP contribution in [0.15, 0.2) is 54.9 Å². The van der Waals surface area contributed by atoms with Gasteiger partial charge in [0.25, 0.3) is 0 Å². The average Bonchev–Trinajstić information content (AvgIpc) is 2.93. The van der Waals surface area contributed by atoms with E-state index in [1.54, 1.807) is 12.4 Å². The molecule has 0 saturated carbocycles. The molecule has 2 aromatic rings. The highest BCUT2D eigenvalue weighted by Gasteiger charge is 2.38. The number of hydrogen-bond donors (Lipinski definition) is 1. The maximum atomic E-state index is 11.5. The minimum atomic E-state index is -0.715. The van der Waals surface area contributed by atoms with Crippen LogP contribution >= 0.6 is 24.8 Å². The molecule has 1 fully saturated rings. The van der Waals surface area contributed by atoms with Crippen LogP contribution in [0.3, 0.4) is 0 Å². The van der Waals surface area contributed by atoms with Gasteiger partial charge in [-0.25, -0.2) is 0 Å². The Morgan fingerprint density at radius 3 is 2.35 bits per heavy atom. The number of hydrogen-bond acceptors (Lipinski definition) is 3. The third-order valence-corrected chi connectivity index (χ3v) is 4.10. The third-order valence-electron chi connectivity index (χ3n) is 4.10. The SMILES string of the molecule is Cl.Cl.O=C(O)[C@H]1CN(Cc2ccccc2)C[C@@H]1c1ccncc1. The van der Waals surface area contributed by atoms with Crippen LogP contribution in [0, 0.1) is 5.92 Å². The molecule has 1 aliphatic heterocycles. The number of halogens is 2. The second-order valence-corrected chi connectivity index (χ2v) is 5.51. The zero-order valence-electron chi connectivity index (χ0n) is 12.5. The minimum absolute atomic E-state index is 0. The van der Waals surface area contributed by atoms with Gasteiger partial charge in [-0.15, -0.1) is 24.8 Å². The fourth-order valence-corrected chi connectivity index (χ4v) is 3.05. The maximum absolute atomic E-state index is 11.5. The first-order chi connectivity index (χ1) is 10.2. The average molecular weight is 355 g/mol. The van der Waals surface area contributed by atoms with Crippen molar-refractivity contribution in [2.45, 2.75) is 12.5 Å². The highest BCUT2D eigenvalue weighted by atomic mass is 35.5. The molecule has 1 aromatic carbocycles. The van der Waals surface area contributed by atoms with Crippen LogP contribution in [0.5, 0.6) is 0 Å². The van der Waals surface area contributed by atoms with E-state index in [-0.39, 0.29) is 36.6 Å². The van der Waals surface area contributed by atoms with Gasteiger partial charge in [-0.1, -0.05) is 30.3 Å². The Morgan fingerprint density at radius 1 is 1.09 bits per heavy atom. The summed E-state index contributed by atoms with van der Waals surface area (Å²) in [6.45, 7) is 2.17. The molecule has 0 spiro atoms. The van der Waals surface area contributed by atoms with Crippen molar-refractivity contribution in [1.82, 2.24) is 9.88 Å². The van der Waals surface area contributed by atoms with E-state index in [9.17, 15) is 9.90 Å². The van der Waals surface area contributed by atoms with Gasteiger partial charge in [-0.2, -0.15) is 0 Å². The number of aliphatic carboxylic acids is 1. The Balaban J connectivity index is 0.00000132. The number of carboxylic acid groups (broad SMARTS) is 1. The van der Waals surface area contributed by atoms with Gasteiger partial charge in [-0.05, 0) is 23.3 Å². The molecule has 1 N–H and O–H groups in total. The smallest absolute Gasteiger partial charge is 0.308 e. The molecule has 0 unspecified atom stereocenters. The molecule has 2 atom stereocenters.